The molecular weight excluding hydrogens is 279 g/mol. The van der Waals surface area contributed by atoms with Crippen molar-refractivity contribution in [2.45, 2.75) is 6.92 Å². The van der Waals surface area contributed by atoms with E-state index in [1.165, 1.54) is 5.56 Å². The summed E-state index contributed by atoms with van der Waals surface area (Å²) in [4.78, 5) is 0. The van der Waals surface area contributed by atoms with Crippen molar-refractivity contribution in [1.29, 1.82) is 0 Å². The molecular formula is C15H16Cl2N2. The highest BCUT2D eigenvalue weighted by Gasteiger charge is 1.98. The molecule has 19 heavy (non-hydrogen) atoms. The van der Waals surface area contributed by atoms with E-state index in [-0.39, 0.29) is 0 Å². The lowest BCUT2D eigenvalue weighted by Gasteiger charge is -2.09. The van der Waals surface area contributed by atoms with Crippen LogP contribution in [0.4, 0.5) is 11.4 Å². The molecule has 2 aromatic rings. The van der Waals surface area contributed by atoms with Crippen molar-refractivity contribution in [2.24, 2.45) is 0 Å². The van der Waals surface area contributed by atoms with E-state index < -0.39 is 0 Å². The Morgan fingerprint density at radius 2 is 1.37 bits per heavy atom. The van der Waals surface area contributed by atoms with Gasteiger partial charge >= 0.3 is 0 Å². The Labute approximate surface area is 123 Å². The van der Waals surface area contributed by atoms with Crippen molar-refractivity contribution in [2.75, 3.05) is 23.7 Å². The maximum absolute atomic E-state index is 5.95. The lowest BCUT2D eigenvalue weighted by atomic mass is 10.2. The maximum Gasteiger partial charge on any atom is 0.0612 e. The van der Waals surface area contributed by atoms with Crippen molar-refractivity contribution in [3.63, 3.8) is 0 Å². The van der Waals surface area contributed by atoms with Crippen molar-refractivity contribution in [3.8, 4) is 0 Å². The van der Waals surface area contributed by atoms with Crippen LogP contribution in [0.2, 0.25) is 10.0 Å². The van der Waals surface area contributed by atoms with E-state index in [1.807, 2.05) is 12.1 Å². The summed E-state index contributed by atoms with van der Waals surface area (Å²) in [5.74, 6) is 0. The molecule has 0 aromatic heterocycles. The molecule has 0 atom stereocenters. The molecule has 0 aliphatic carbocycles. The first-order chi connectivity index (χ1) is 9.15. The summed E-state index contributed by atoms with van der Waals surface area (Å²) in [6, 6.07) is 13.9. The van der Waals surface area contributed by atoms with Crippen molar-refractivity contribution in [3.05, 3.63) is 58.1 Å². The van der Waals surface area contributed by atoms with Gasteiger partial charge in [0.05, 0.1) is 10.0 Å². The van der Waals surface area contributed by atoms with Gasteiger partial charge in [0.25, 0.3) is 0 Å². The van der Waals surface area contributed by atoms with Gasteiger partial charge in [-0.2, -0.15) is 0 Å². The van der Waals surface area contributed by atoms with E-state index >= 15 is 0 Å². The fourth-order valence-electron chi connectivity index (χ4n) is 1.69. The van der Waals surface area contributed by atoms with Crippen LogP contribution in [0.5, 0.6) is 0 Å². The number of anilines is 2. The van der Waals surface area contributed by atoms with Gasteiger partial charge in [-0.3, -0.25) is 0 Å². The number of halogens is 2. The van der Waals surface area contributed by atoms with Gasteiger partial charge in [-0.1, -0.05) is 40.9 Å². The molecule has 0 heterocycles. The maximum atomic E-state index is 5.95. The second-order valence-corrected chi connectivity index (χ2v) is 5.16. The minimum Gasteiger partial charge on any atom is -0.383 e. The van der Waals surface area contributed by atoms with Crippen molar-refractivity contribution in [1.82, 2.24) is 0 Å². The Balaban J connectivity index is 1.77. The van der Waals surface area contributed by atoms with E-state index in [0.29, 0.717) is 10.0 Å². The van der Waals surface area contributed by atoms with E-state index in [9.17, 15) is 0 Å². The molecule has 0 saturated heterocycles. The third-order valence-corrected chi connectivity index (χ3v) is 3.49. The molecule has 2 rings (SSSR count). The van der Waals surface area contributed by atoms with Gasteiger partial charge in [0.1, 0.15) is 0 Å². The first-order valence-corrected chi connectivity index (χ1v) is 6.90. The van der Waals surface area contributed by atoms with Crippen molar-refractivity contribution >= 4 is 34.6 Å². The smallest absolute Gasteiger partial charge is 0.0612 e. The topological polar surface area (TPSA) is 24.1 Å². The van der Waals surface area contributed by atoms with Gasteiger partial charge in [0.15, 0.2) is 0 Å². The average Bonchev–Trinajstić information content (AvgIpc) is 2.41. The minimum absolute atomic E-state index is 0.568. The van der Waals surface area contributed by atoms with Crippen LogP contribution in [0.15, 0.2) is 42.5 Å². The molecule has 100 valence electrons. The Bertz CT molecular complexity index is 538. The number of rotatable bonds is 5. The number of aryl methyl sites for hydroxylation is 1. The zero-order chi connectivity index (χ0) is 13.7. The summed E-state index contributed by atoms with van der Waals surface area (Å²) in [7, 11) is 0. The first kappa shape index (κ1) is 14.0. The van der Waals surface area contributed by atoms with Crippen LogP contribution >= 0.6 is 23.2 Å². The molecule has 0 radical (unpaired) electrons. The summed E-state index contributed by atoms with van der Waals surface area (Å²) >= 11 is 11.8. The fraction of sp³-hybridized carbons (Fsp3) is 0.200. The van der Waals surface area contributed by atoms with Gasteiger partial charge in [0, 0.05) is 24.5 Å². The van der Waals surface area contributed by atoms with E-state index in [2.05, 4.69) is 41.8 Å². The van der Waals surface area contributed by atoms with Gasteiger partial charge in [-0.05, 0) is 37.3 Å². The predicted octanol–water partition coefficient (Wildman–Crippen LogP) is 4.83. The van der Waals surface area contributed by atoms with Crippen LogP contribution < -0.4 is 10.6 Å². The van der Waals surface area contributed by atoms with Crippen LogP contribution in [0.3, 0.4) is 0 Å². The normalized spacial score (nSPS) is 10.3. The Hall–Kier alpha value is -1.38. The third-order valence-electron chi connectivity index (χ3n) is 2.75. The second-order valence-electron chi connectivity index (χ2n) is 4.35. The molecule has 0 spiro atoms. The van der Waals surface area contributed by atoms with Gasteiger partial charge < -0.3 is 10.6 Å². The van der Waals surface area contributed by atoms with E-state index in [4.69, 9.17) is 23.2 Å². The highest BCUT2D eigenvalue weighted by molar-refractivity contribution is 6.42. The van der Waals surface area contributed by atoms with Crippen LogP contribution in [0, 0.1) is 6.92 Å². The molecule has 2 N–H and O–H groups in total. The molecule has 2 nitrogen and oxygen atoms in total. The lowest BCUT2D eigenvalue weighted by Crippen LogP contribution is -2.13. The summed E-state index contributed by atoms with van der Waals surface area (Å²) < 4.78 is 0. The van der Waals surface area contributed by atoms with Crippen LogP contribution in [-0.4, -0.2) is 13.1 Å². The number of hydrogen-bond acceptors (Lipinski definition) is 2. The van der Waals surface area contributed by atoms with E-state index in [0.717, 1.165) is 24.5 Å². The van der Waals surface area contributed by atoms with Gasteiger partial charge in [0.2, 0.25) is 0 Å². The van der Waals surface area contributed by atoms with Crippen LogP contribution in [-0.2, 0) is 0 Å². The molecule has 0 aliphatic heterocycles. The third kappa shape index (κ3) is 4.34. The summed E-state index contributed by atoms with van der Waals surface area (Å²) in [5.41, 5.74) is 3.36. The molecule has 0 bridgehead atoms. The quantitative estimate of drug-likeness (QED) is 0.772. The first-order valence-electron chi connectivity index (χ1n) is 6.14. The number of hydrogen-bond donors (Lipinski definition) is 2. The monoisotopic (exact) mass is 294 g/mol. The van der Waals surface area contributed by atoms with Gasteiger partial charge in [-0.15, -0.1) is 0 Å². The molecule has 4 heteroatoms. The minimum atomic E-state index is 0.568. The molecule has 0 unspecified atom stereocenters. The molecule has 0 amide bonds. The Morgan fingerprint density at radius 3 is 2.00 bits per heavy atom. The fourth-order valence-corrected chi connectivity index (χ4v) is 1.99. The predicted molar refractivity (Wildman–Crippen MR) is 84.6 cm³/mol. The molecule has 0 fully saturated rings. The average molecular weight is 295 g/mol. The molecule has 0 aliphatic rings. The summed E-state index contributed by atoms with van der Waals surface area (Å²) in [6.07, 6.45) is 0. The summed E-state index contributed by atoms with van der Waals surface area (Å²) in [6.45, 7) is 3.73. The van der Waals surface area contributed by atoms with Gasteiger partial charge in [-0.25, -0.2) is 0 Å². The highest BCUT2D eigenvalue weighted by atomic mass is 35.5. The van der Waals surface area contributed by atoms with Crippen LogP contribution in [0.25, 0.3) is 0 Å². The molecule has 0 saturated carbocycles. The summed E-state index contributed by atoms with van der Waals surface area (Å²) in [5, 5.41) is 7.78. The standard InChI is InChI=1S/C15H16Cl2N2/c1-11-2-4-12(5-3-11)18-8-9-19-13-6-7-14(16)15(17)10-13/h2-7,10,18-19H,8-9H2,1H3. The Kier molecular flexibility index (Phi) is 4.94. The van der Waals surface area contributed by atoms with E-state index in [1.54, 1.807) is 6.07 Å². The van der Waals surface area contributed by atoms with Crippen LogP contribution in [0.1, 0.15) is 5.56 Å². The zero-order valence-corrected chi connectivity index (χ0v) is 12.2. The Morgan fingerprint density at radius 1 is 0.789 bits per heavy atom. The van der Waals surface area contributed by atoms with Crippen molar-refractivity contribution < 1.29 is 0 Å². The lowest BCUT2D eigenvalue weighted by molar-refractivity contribution is 1.08. The number of nitrogens with one attached hydrogen (secondary N) is 2. The highest BCUT2D eigenvalue weighted by Crippen LogP contribution is 2.24. The largest absolute Gasteiger partial charge is 0.383 e. The number of benzene rings is 2. The SMILES string of the molecule is Cc1ccc(NCCNc2ccc(Cl)c(Cl)c2)cc1. The zero-order valence-electron chi connectivity index (χ0n) is 10.7. The second kappa shape index (κ2) is 6.69. The molecule has 2 aromatic carbocycles.